The Morgan fingerprint density at radius 3 is 2.91 bits per heavy atom. The van der Waals surface area contributed by atoms with Gasteiger partial charge in [-0.15, -0.1) is 0 Å². The lowest BCUT2D eigenvalue weighted by molar-refractivity contribution is 0.100. The Bertz CT molecular complexity index is 1010. The molecule has 114 valence electrons. The fraction of sp³-hybridized carbons (Fsp3) is 0.118. The van der Waals surface area contributed by atoms with E-state index in [1.54, 1.807) is 18.2 Å². The number of carbonyl (C=O) groups excluding carboxylic acids is 1. The predicted molar refractivity (Wildman–Crippen MR) is 79.4 cm³/mol. The highest BCUT2D eigenvalue weighted by atomic mass is 16.7. The van der Waals surface area contributed by atoms with E-state index >= 15 is 0 Å². The third-order valence-electron chi connectivity index (χ3n) is 4.27. The van der Waals surface area contributed by atoms with Crippen molar-refractivity contribution in [1.82, 2.24) is 0 Å². The largest absolute Gasteiger partial charge is 0.496 e. The van der Waals surface area contributed by atoms with Crippen LogP contribution in [0.3, 0.4) is 0 Å². The van der Waals surface area contributed by atoms with Crippen LogP contribution in [0, 0.1) is 0 Å². The predicted octanol–water partition coefficient (Wildman–Crippen LogP) is 3.09. The van der Waals surface area contributed by atoms with Gasteiger partial charge in [0.1, 0.15) is 5.75 Å². The van der Waals surface area contributed by atoms with Crippen molar-refractivity contribution in [1.29, 1.82) is 0 Å². The van der Waals surface area contributed by atoms with Gasteiger partial charge in [-0.05, 0) is 12.1 Å². The average molecular weight is 310 g/mol. The maximum atomic E-state index is 12.8. The molecule has 0 saturated heterocycles. The highest BCUT2D eigenvalue weighted by Gasteiger charge is 2.37. The first kappa shape index (κ1) is 12.4. The van der Waals surface area contributed by atoms with E-state index in [1.807, 2.05) is 6.07 Å². The lowest BCUT2D eigenvalue weighted by Gasteiger charge is -2.18. The molecular formula is C17H10O6. The second-order valence-electron chi connectivity index (χ2n) is 5.36. The van der Waals surface area contributed by atoms with Crippen LogP contribution < -0.4 is 14.2 Å². The fourth-order valence-corrected chi connectivity index (χ4v) is 3.32. The normalized spacial score (nSPS) is 14.2. The van der Waals surface area contributed by atoms with Crippen LogP contribution in [0.5, 0.6) is 23.2 Å². The molecular weight excluding hydrogens is 300 g/mol. The van der Waals surface area contributed by atoms with Gasteiger partial charge in [-0.25, -0.2) is 0 Å². The molecule has 0 atom stereocenters. The smallest absolute Gasteiger partial charge is 0.290 e. The quantitative estimate of drug-likeness (QED) is 0.582. The summed E-state index contributed by atoms with van der Waals surface area (Å²) in [6, 6.07) is 6.96. The second-order valence-corrected chi connectivity index (χ2v) is 5.36. The van der Waals surface area contributed by atoms with E-state index in [1.165, 1.54) is 7.11 Å². The maximum Gasteiger partial charge on any atom is 0.290 e. The number of rotatable bonds is 1. The molecule has 0 bridgehead atoms. The number of hydrogen-bond donors (Lipinski definition) is 1. The first-order valence-corrected chi connectivity index (χ1v) is 7.01. The minimum absolute atomic E-state index is 0.0859. The summed E-state index contributed by atoms with van der Waals surface area (Å²) in [4.78, 5) is 12.8. The van der Waals surface area contributed by atoms with Crippen molar-refractivity contribution in [3.05, 3.63) is 35.6 Å². The number of ketones is 1. The Balaban J connectivity index is 2.03. The lowest BCUT2D eigenvalue weighted by Crippen LogP contribution is -2.10. The summed E-state index contributed by atoms with van der Waals surface area (Å²) in [5.41, 5.74) is 1.75. The van der Waals surface area contributed by atoms with Crippen molar-refractivity contribution < 1.29 is 28.5 Å². The van der Waals surface area contributed by atoms with Crippen LogP contribution in [-0.2, 0) is 0 Å². The zero-order valence-corrected chi connectivity index (χ0v) is 12.0. The molecule has 6 heteroatoms. The molecule has 0 saturated carbocycles. The molecule has 23 heavy (non-hydrogen) atoms. The number of furan rings is 1. The number of methoxy groups -OCH3 is 1. The molecule has 0 fully saturated rings. The van der Waals surface area contributed by atoms with Gasteiger partial charge in [-0.2, -0.15) is 0 Å². The molecule has 3 aromatic rings. The number of fused-ring (bicyclic) bond motifs is 4. The Hall–Kier alpha value is -3.15. The Labute approximate surface area is 129 Å². The number of hydrogen-bond acceptors (Lipinski definition) is 6. The van der Waals surface area contributed by atoms with Gasteiger partial charge in [-0.1, -0.05) is 12.1 Å². The van der Waals surface area contributed by atoms with E-state index in [4.69, 9.17) is 18.6 Å². The SMILES string of the molecule is COc1cccc2c1C(=O)c1oc(O)c3cc4c(c-2c13)OCO4. The second kappa shape index (κ2) is 3.98. The van der Waals surface area contributed by atoms with Gasteiger partial charge in [0.2, 0.25) is 12.6 Å². The molecule has 1 aliphatic carbocycles. The van der Waals surface area contributed by atoms with Crippen LogP contribution in [-0.4, -0.2) is 24.8 Å². The van der Waals surface area contributed by atoms with Crippen LogP contribution in [0.15, 0.2) is 28.7 Å². The molecule has 1 N–H and O–H groups in total. The molecule has 2 aliphatic rings. The fourth-order valence-electron chi connectivity index (χ4n) is 3.32. The first-order chi connectivity index (χ1) is 11.2. The van der Waals surface area contributed by atoms with Crippen molar-refractivity contribution in [3.63, 3.8) is 0 Å². The van der Waals surface area contributed by atoms with Gasteiger partial charge in [-0.3, -0.25) is 4.79 Å². The minimum Gasteiger partial charge on any atom is -0.496 e. The summed E-state index contributed by atoms with van der Waals surface area (Å²) in [5, 5.41) is 11.1. The van der Waals surface area contributed by atoms with E-state index in [9.17, 15) is 9.90 Å². The van der Waals surface area contributed by atoms with Gasteiger partial charge in [0.15, 0.2) is 17.3 Å². The lowest BCUT2D eigenvalue weighted by atomic mass is 9.85. The topological polar surface area (TPSA) is 78.1 Å². The number of benzene rings is 2. The van der Waals surface area contributed by atoms with E-state index in [0.717, 1.165) is 0 Å². The third-order valence-corrected chi connectivity index (χ3v) is 4.27. The summed E-state index contributed by atoms with van der Waals surface area (Å²) in [6.45, 7) is 0.0927. The van der Waals surface area contributed by atoms with Gasteiger partial charge >= 0.3 is 0 Å². The third kappa shape index (κ3) is 1.35. The van der Waals surface area contributed by atoms with Gasteiger partial charge in [0, 0.05) is 16.5 Å². The summed E-state index contributed by atoms with van der Waals surface area (Å²) >= 11 is 0. The van der Waals surface area contributed by atoms with Crippen LogP contribution in [0.4, 0.5) is 0 Å². The molecule has 0 radical (unpaired) electrons. The van der Waals surface area contributed by atoms with Crippen molar-refractivity contribution in [3.8, 4) is 34.3 Å². The molecule has 6 nitrogen and oxygen atoms in total. The average Bonchev–Trinajstić information content (AvgIpc) is 3.16. The maximum absolute atomic E-state index is 12.8. The molecule has 0 amide bonds. The summed E-state index contributed by atoms with van der Waals surface area (Å²) < 4.78 is 21.7. The minimum atomic E-state index is -0.325. The zero-order chi connectivity index (χ0) is 15.7. The highest BCUT2D eigenvalue weighted by molar-refractivity contribution is 6.27. The molecule has 2 heterocycles. The molecule has 0 spiro atoms. The van der Waals surface area contributed by atoms with Crippen molar-refractivity contribution in [2.24, 2.45) is 0 Å². The molecule has 0 unspecified atom stereocenters. The Kier molecular flexibility index (Phi) is 2.15. The number of carbonyl (C=O) groups is 1. The molecule has 1 aliphatic heterocycles. The van der Waals surface area contributed by atoms with Crippen LogP contribution in [0.25, 0.3) is 21.9 Å². The molecule has 5 rings (SSSR count). The highest BCUT2D eigenvalue weighted by Crippen LogP contribution is 2.54. The van der Waals surface area contributed by atoms with E-state index < -0.39 is 0 Å². The van der Waals surface area contributed by atoms with Gasteiger partial charge in [0.05, 0.1) is 18.1 Å². The summed E-state index contributed by atoms with van der Waals surface area (Å²) in [6.07, 6.45) is 0. The van der Waals surface area contributed by atoms with Crippen LogP contribution in [0.2, 0.25) is 0 Å². The molecule has 2 aromatic carbocycles. The number of ether oxygens (including phenoxy) is 3. The van der Waals surface area contributed by atoms with E-state index in [-0.39, 0.29) is 24.3 Å². The Morgan fingerprint density at radius 1 is 1.22 bits per heavy atom. The number of aromatic hydroxyl groups is 1. The first-order valence-electron chi connectivity index (χ1n) is 7.01. The van der Waals surface area contributed by atoms with Crippen LogP contribution in [0.1, 0.15) is 16.1 Å². The summed E-state index contributed by atoms with van der Waals surface area (Å²) in [5.74, 6) is 0.949. The standard InChI is InChI=1S/C17H10O6/c1-20-9-4-2-3-7-11(9)14(18)16-13-8(17(19)23-16)5-10-15(12(7)13)22-6-21-10/h2-5,19H,6H2,1H3. The summed E-state index contributed by atoms with van der Waals surface area (Å²) in [7, 11) is 1.50. The monoisotopic (exact) mass is 310 g/mol. The molecule has 1 aromatic heterocycles. The van der Waals surface area contributed by atoms with Gasteiger partial charge < -0.3 is 23.7 Å². The van der Waals surface area contributed by atoms with Crippen molar-refractivity contribution in [2.45, 2.75) is 0 Å². The van der Waals surface area contributed by atoms with Gasteiger partial charge in [0.25, 0.3) is 5.95 Å². The van der Waals surface area contributed by atoms with E-state index in [2.05, 4.69) is 0 Å². The van der Waals surface area contributed by atoms with Crippen LogP contribution >= 0.6 is 0 Å². The Morgan fingerprint density at radius 2 is 2.09 bits per heavy atom. The van der Waals surface area contributed by atoms with Crippen molar-refractivity contribution in [2.75, 3.05) is 13.9 Å². The van der Waals surface area contributed by atoms with E-state index in [0.29, 0.717) is 44.7 Å². The van der Waals surface area contributed by atoms with Crippen molar-refractivity contribution >= 4 is 16.6 Å². The zero-order valence-electron chi connectivity index (χ0n) is 12.0.